The van der Waals surface area contributed by atoms with Gasteiger partial charge < -0.3 is 9.84 Å². The number of carbonyl (C=O) groups is 1. The average molecular weight is 132 g/mol. The van der Waals surface area contributed by atoms with E-state index in [1.807, 2.05) is 0 Å². The maximum atomic E-state index is 10.3. The molecule has 4 nitrogen and oxygen atoms in total. The highest BCUT2D eigenvalue weighted by molar-refractivity contribution is 5.53. The fourth-order valence-corrected chi connectivity index (χ4v) is 0.832. The van der Waals surface area contributed by atoms with Crippen LogP contribution in [0.5, 0.6) is 0 Å². The van der Waals surface area contributed by atoms with Crippen molar-refractivity contribution in [2.24, 2.45) is 0 Å². The van der Waals surface area contributed by atoms with E-state index in [-0.39, 0.29) is 0 Å². The van der Waals surface area contributed by atoms with Gasteiger partial charge >= 0.3 is 6.09 Å². The molecule has 0 radical (unpaired) electrons. The topological polar surface area (TPSA) is 51.0 Å². The first kappa shape index (κ1) is 6.51. The van der Waals surface area contributed by atoms with Gasteiger partial charge in [0, 0.05) is 0 Å². The molecule has 4 heteroatoms. The van der Waals surface area contributed by atoms with Crippen LogP contribution in [0.15, 0.2) is 0 Å². The lowest BCUT2D eigenvalue weighted by Crippen LogP contribution is -3.16. The summed E-state index contributed by atoms with van der Waals surface area (Å²) >= 11 is 0. The Kier molecular flexibility index (Phi) is 2.02. The lowest BCUT2D eigenvalue weighted by Gasteiger charge is -2.17. The number of morpholine rings is 1. The lowest BCUT2D eigenvalue weighted by atomic mass is 10.5. The van der Waals surface area contributed by atoms with E-state index in [4.69, 9.17) is 9.84 Å². The number of nitrogens with one attached hydrogen (secondary N) is 1. The molecule has 52 valence electrons. The van der Waals surface area contributed by atoms with E-state index in [9.17, 15) is 4.79 Å². The molecule has 0 aliphatic carbocycles. The molecule has 0 aromatic carbocycles. The molecule has 0 spiro atoms. The molecular formula is C5H10NO3+. The van der Waals surface area contributed by atoms with E-state index in [0.717, 1.165) is 0 Å². The van der Waals surface area contributed by atoms with Crippen molar-refractivity contribution in [2.75, 3.05) is 26.3 Å². The second-order valence-electron chi connectivity index (χ2n) is 2.02. The number of ether oxygens (including phenoxy) is 1. The Balaban J connectivity index is 2.31. The van der Waals surface area contributed by atoms with Gasteiger partial charge in [-0.25, -0.2) is 4.90 Å². The van der Waals surface area contributed by atoms with Crippen LogP contribution in [0.25, 0.3) is 0 Å². The number of rotatable bonds is 0. The molecule has 0 aromatic rings. The molecule has 9 heavy (non-hydrogen) atoms. The first-order valence-electron chi connectivity index (χ1n) is 2.96. The van der Waals surface area contributed by atoms with Gasteiger partial charge in [0.1, 0.15) is 13.1 Å². The zero-order valence-corrected chi connectivity index (χ0v) is 5.09. The number of hydrogen-bond acceptors (Lipinski definition) is 2. The van der Waals surface area contributed by atoms with Crippen LogP contribution in [0.2, 0.25) is 0 Å². The van der Waals surface area contributed by atoms with Crippen LogP contribution < -0.4 is 4.90 Å². The summed E-state index contributed by atoms with van der Waals surface area (Å²) in [6.45, 7) is 2.33. The summed E-state index contributed by atoms with van der Waals surface area (Å²) in [5.74, 6) is 0. The van der Waals surface area contributed by atoms with Crippen molar-refractivity contribution in [3.8, 4) is 0 Å². The smallest absolute Gasteiger partial charge is 0.435 e. The average Bonchev–Trinajstić information content (AvgIpc) is 1.90. The summed E-state index contributed by atoms with van der Waals surface area (Å²) in [7, 11) is 0. The van der Waals surface area contributed by atoms with Crippen LogP contribution in [0.3, 0.4) is 0 Å². The largest absolute Gasteiger partial charge is 0.512 e. The van der Waals surface area contributed by atoms with Crippen molar-refractivity contribution in [3.05, 3.63) is 0 Å². The Bertz CT molecular complexity index is 109. The van der Waals surface area contributed by atoms with Gasteiger partial charge in [0.15, 0.2) is 0 Å². The summed E-state index contributed by atoms with van der Waals surface area (Å²) in [5, 5.41) is 8.45. The molecule has 0 unspecified atom stereocenters. The Morgan fingerprint density at radius 1 is 1.44 bits per heavy atom. The minimum Gasteiger partial charge on any atom is -0.435 e. The monoisotopic (exact) mass is 132 g/mol. The van der Waals surface area contributed by atoms with E-state index in [1.54, 1.807) is 0 Å². The van der Waals surface area contributed by atoms with E-state index in [0.29, 0.717) is 31.2 Å². The molecule has 1 saturated heterocycles. The number of quaternary nitrogens is 1. The zero-order chi connectivity index (χ0) is 6.69. The first-order valence-corrected chi connectivity index (χ1v) is 2.96. The zero-order valence-electron chi connectivity index (χ0n) is 5.09. The second-order valence-corrected chi connectivity index (χ2v) is 2.02. The molecule has 1 aliphatic rings. The van der Waals surface area contributed by atoms with Crippen LogP contribution in [-0.2, 0) is 4.74 Å². The quantitative estimate of drug-likeness (QED) is 0.425. The predicted molar refractivity (Wildman–Crippen MR) is 29.5 cm³/mol. The van der Waals surface area contributed by atoms with E-state index in [1.165, 1.54) is 0 Å². The fraction of sp³-hybridized carbons (Fsp3) is 0.800. The predicted octanol–water partition coefficient (Wildman–Crippen LogP) is -1.42. The lowest BCUT2D eigenvalue weighted by molar-refractivity contribution is -0.833. The maximum Gasteiger partial charge on any atom is 0.512 e. The summed E-state index contributed by atoms with van der Waals surface area (Å²) in [6.07, 6.45) is -0.765. The highest BCUT2D eigenvalue weighted by atomic mass is 16.5. The normalized spacial score (nSPS) is 21.8. The van der Waals surface area contributed by atoms with Crippen molar-refractivity contribution in [1.82, 2.24) is 0 Å². The second kappa shape index (κ2) is 2.80. The Morgan fingerprint density at radius 3 is 2.33 bits per heavy atom. The van der Waals surface area contributed by atoms with Crippen molar-refractivity contribution >= 4 is 6.09 Å². The SMILES string of the molecule is O=C(O)[NH+]1CCOCC1. The third kappa shape index (κ3) is 1.65. The first-order chi connectivity index (χ1) is 4.30. The van der Waals surface area contributed by atoms with Crippen LogP contribution in [0.1, 0.15) is 0 Å². The minimum atomic E-state index is -0.765. The summed E-state index contributed by atoms with van der Waals surface area (Å²) in [5.41, 5.74) is 0. The molecule has 2 N–H and O–H groups in total. The summed E-state index contributed by atoms with van der Waals surface area (Å²) < 4.78 is 4.97. The van der Waals surface area contributed by atoms with Crippen molar-refractivity contribution in [1.29, 1.82) is 0 Å². The van der Waals surface area contributed by atoms with Crippen molar-refractivity contribution in [3.63, 3.8) is 0 Å². The van der Waals surface area contributed by atoms with Crippen LogP contribution in [-0.4, -0.2) is 37.5 Å². The highest BCUT2D eigenvalue weighted by Crippen LogP contribution is 1.74. The van der Waals surface area contributed by atoms with Gasteiger partial charge in [-0.3, -0.25) is 0 Å². The molecule has 0 aromatic heterocycles. The molecule has 1 fully saturated rings. The fourth-order valence-electron chi connectivity index (χ4n) is 0.832. The maximum absolute atomic E-state index is 10.3. The van der Waals surface area contributed by atoms with Gasteiger partial charge in [-0.15, -0.1) is 0 Å². The Morgan fingerprint density at radius 2 is 2.00 bits per heavy atom. The van der Waals surface area contributed by atoms with Crippen molar-refractivity contribution in [2.45, 2.75) is 0 Å². The van der Waals surface area contributed by atoms with Crippen LogP contribution >= 0.6 is 0 Å². The van der Waals surface area contributed by atoms with Gasteiger partial charge in [0.05, 0.1) is 13.2 Å². The molecule has 0 atom stereocenters. The number of hydrogen-bond donors (Lipinski definition) is 2. The molecule has 1 aliphatic heterocycles. The van der Waals surface area contributed by atoms with E-state index in [2.05, 4.69) is 0 Å². The van der Waals surface area contributed by atoms with Crippen LogP contribution in [0.4, 0.5) is 4.79 Å². The van der Waals surface area contributed by atoms with E-state index >= 15 is 0 Å². The van der Waals surface area contributed by atoms with Crippen LogP contribution in [0, 0.1) is 0 Å². The Hall–Kier alpha value is -0.610. The molecule has 0 saturated carbocycles. The number of carboxylic acid groups (broad SMARTS) is 1. The minimum absolute atomic E-state index is 0.571. The van der Waals surface area contributed by atoms with Crippen molar-refractivity contribution < 1.29 is 19.5 Å². The molecular weight excluding hydrogens is 122 g/mol. The third-order valence-corrected chi connectivity index (χ3v) is 1.40. The van der Waals surface area contributed by atoms with Gasteiger partial charge in [0.25, 0.3) is 0 Å². The Labute approximate surface area is 53.0 Å². The molecule has 1 rings (SSSR count). The van der Waals surface area contributed by atoms with Gasteiger partial charge in [0.2, 0.25) is 0 Å². The highest BCUT2D eigenvalue weighted by Gasteiger charge is 2.20. The van der Waals surface area contributed by atoms with Gasteiger partial charge in [-0.2, -0.15) is 4.79 Å². The third-order valence-electron chi connectivity index (χ3n) is 1.40. The molecule has 1 amide bonds. The summed E-state index contributed by atoms with van der Waals surface area (Å²) in [6, 6.07) is 0. The van der Waals surface area contributed by atoms with Gasteiger partial charge in [-0.05, 0) is 0 Å². The van der Waals surface area contributed by atoms with Gasteiger partial charge in [-0.1, -0.05) is 0 Å². The summed E-state index contributed by atoms with van der Waals surface area (Å²) in [4.78, 5) is 10.9. The number of amides is 1. The molecule has 0 bridgehead atoms. The molecule has 1 heterocycles. The standard InChI is InChI=1S/C5H9NO3/c7-5(8)6-1-3-9-4-2-6/h1-4H2,(H,7,8)/p+1. The van der Waals surface area contributed by atoms with E-state index < -0.39 is 6.09 Å².